The largest absolute Gasteiger partial charge is 0.497 e. The first-order valence-corrected chi connectivity index (χ1v) is 10.6. The van der Waals surface area contributed by atoms with Crippen LogP contribution in [0.25, 0.3) is 0 Å². The molecule has 0 radical (unpaired) electrons. The van der Waals surface area contributed by atoms with E-state index in [0.717, 1.165) is 17.8 Å². The van der Waals surface area contributed by atoms with Crippen LogP contribution in [0.3, 0.4) is 0 Å². The van der Waals surface area contributed by atoms with Gasteiger partial charge in [-0.3, -0.25) is 9.59 Å². The van der Waals surface area contributed by atoms with Gasteiger partial charge in [0.15, 0.2) is 5.78 Å². The van der Waals surface area contributed by atoms with E-state index >= 15 is 0 Å². The summed E-state index contributed by atoms with van der Waals surface area (Å²) in [7, 11) is 3.01. The van der Waals surface area contributed by atoms with E-state index in [1.54, 1.807) is 25.1 Å². The molecule has 2 aliphatic rings. The Labute approximate surface area is 190 Å². The van der Waals surface area contributed by atoms with Crippen LogP contribution in [0.5, 0.6) is 11.5 Å². The molecule has 1 atom stereocenters. The van der Waals surface area contributed by atoms with Gasteiger partial charge in [-0.25, -0.2) is 8.78 Å². The number of carbonyl (C=O) groups is 2. The van der Waals surface area contributed by atoms with Crippen LogP contribution in [0.1, 0.15) is 37.7 Å². The number of nitrogens with one attached hydrogen (secondary N) is 2. The van der Waals surface area contributed by atoms with E-state index in [1.807, 2.05) is 0 Å². The summed E-state index contributed by atoms with van der Waals surface area (Å²) >= 11 is 0. The fraction of sp³-hybridized carbons (Fsp3) is 0.280. The number of ketones is 1. The van der Waals surface area contributed by atoms with E-state index in [2.05, 4.69) is 10.6 Å². The van der Waals surface area contributed by atoms with Crippen molar-refractivity contribution in [1.29, 1.82) is 0 Å². The SMILES string of the molecule is COc1ccc(OC)c(C2C(C(=O)Nc3c(F)cccc3F)=C(C)NC3=C2C(=O)CCC3)c1. The number of rotatable bonds is 5. The number of methoxy groups -OCH3 is 2. The lowest BCUT2D eigenvalue weighted by Crippen LogP contribution is -2.35. The van der Waals surface area contributed by atoms with Crippen LogP contribution < -0.4 is 20.1 Å². The molecule has 33 heavy (non-hydrogen) atoms. The Morgan fingerprint density at radius 3 is 2.48 bits per heavy atom. The molecule has 0 spiro atoms. The van der Waals surface area contributed by atoms with Crippen LogP contribution in [0.2, 0.25) is 0 Å². The summed E-state index contributed by atoms with van der Waals surface area (Å²) < 4.78 is 39.4. The predicted octanol–water partition coefficient (Wildman–Crippen LogP) is 4.59. The minimum atomic E-state index is -0.894. The number of anilines is 1. The molecule has 0 fully saturated rings. The lowest BCUT2D eigenvalue weighted by Gasteiger charge is -2.35. The van der Waals surface area contributed by atoms with E-state index in [-0.39, 0.29) is 11.4 Å². The number of hydrogen-bond donors (Lipinski definition) is 2. The number of ether oxygens (including phenoxy) is 2. The number of halogens is 2. The van der Waals surface area contributed by atoms with E-state index in [9.17, 15) is 18.4 Å². The molecule has 1 aliphatic carbocycles. The molecule has 1 heterocycles. The van der Waals surface area contributed by atoms with Gasteiger partial charge in [0, 0.05) is 34.5 Å². The normalized spacial score (nSPS) is 18.0. The third-order valence-electron chi connectivity index (χ3n) is 5.97. The molecule has 0 aromatic heterocycles. The summed E-state index contributed by atoms with van der Waals surface area (Å²) in [5.41, 5.74) is 1.88. The summed E-state index contributed by atoms with van der Waals surface area (Å²) in [5.74, 6) is -2.41. The highest BCUT2D eigenvalue weighted by Crippen LogP contribution is 2.46. The van der Waals surface area contributed by atoms with Crippen molar-refractivity contribution in [1.82, 2.24) is 5.32 Å². The summed E-state index contributed by atoms with van der Waals surface area (Å²) in [6.45, 7) is 1.70. The molecular weight excluding hydrogens is 430 g/mol. The zero-order valence-corrected chi connectivity index (χ0v) is 18.6. The fourth-order valence-electron chi connectivity index (χ4n) is 4.46. The van der Waals surface area contributed by atoms with Crippen molar-refractivity contribution < 1.29 is 27.8 Å². The first-order chi connectivity index (χ1) is 15.8. The van der Waals surface area contributed by atoms with Crippen molar-refractivity contribution in [2.45, 2.75) is 32.1 Å². The van der Waals surface area contributed by atoms with E-state index in [1.165, 1.54) is 20.3 Å². The lowest BCUT2D eigenvalue weighted by atomic mass is 9.74. The maximum absolute atomic E-state index is 14.3. The van der Waals surface area contributed by atoms with Gasteiger partial charge in [0.2, 0.25) is 0 Å². The molecule has 2 N–H and O–H groups in total. The average molecular weight is 454 g/mol. The lowest BCUT2D eigenvalue weighted by molar-refractivity contribution is -0.116. The monoisotopic (exact) mass is 454 g/mol. The molecule has 4 rings (SSSR count). The molecule has 1 unspecified atom stereocenters. The highest BCUT2D eigenvalue weighted by atomic mass is 19.1. The number of Topliss-reactive ketones (excluding diaryl/α,β-unsaturated/α-hetero) is 1. The predicted molar refractivity (Wildman–Crippen MR) is 119 cm³/mol. The fourth-order valence-corrected chi connectivity index (χ4v) is 4.46. The Balaban J connectivity index is 1.88. The zero-order valence-electron chi connectivity index (χ0n) is 18.6. The van der Waals surface area contributed by atoms with Crippen molar-refractivity contribution in [3.05, 3.63) is 76.1 Å². The highest BCUT2D eigenvalue weighted by Gasteiger charge is 2.40. The van der Waals surface area contributed by atoms with Gasteiger partial charge in [-0.15, -0.1) is 0 Å². The summed E-state index contributed by atoms with van der Waals surface area (Å²) in [6, 6.07) is 8.47. The summed E-state index contributed by atoms with van der Waals surface area (Å²) in [6.07, 6.45) is 1.69. The summed E-state index contributed by atoms with van der Waals surface area (Å²) in [4.78, 5) is 26.5. The minimum Gasteiger partial charge on any atom is -0.497 e. The van der Waals surface area contributed by atoms with Gasteiger partial charge in [-0.05, 0) is 50.1 Å². The molecule has 0 saturated carbocycles. The van der Waals surface area contributed by atoms with Crippen molar-refractivity contribution in [2.24, 2.45) is 0 Å². The van der Waals surface area contributed by atoms with Crippen LogP contribution in [-0.4, -0.2) is 25.9 Å². The molecule has 2 aromatic rings. The topological polar surface area (TPSA) is 76.7 Å². The van der Waals surface area contributed by atoms with Gasteiger partial charge in [-0.1, -0.05) is 6.07 Å². The average Bonchev–Trinajstić information content (AvgIpc) is 2.80. The number of allylic oxidation sites excluding steroid dienone is 3. The number of benzene rings is 2. The van der Waals surface area contributed by atoms with Crippen LogP contribution in [0.4, 0.5) is 14.5 Å². The highest BCUT2D eigenvalue weighted by molar-refractivity contribution is 6.10. The maximum atomic E-state index is 14.3. The summed E-state index contributed by atoms with van der Waals surface area (Å²) in [5, 5.41) is 5.54. The van der Waals surface area contributed by atoms with Crippen LogP contribution >= 0.6 is 0 Å². The van der Waals surface area contributed by atoms with Crippen LogP contribution in [-0.2, 0) is 9.59 Å². The second-order valence-electron chi connectivity index (χ2n) is 7.92. The minimum absolute atomic E-state index is 0.0894. The quantitative estimate of drug-likeness (QED) is 0.691. The van der Waals surface area contributed by atoms with Crippen molar-refractivity contribution in [3.8, 4) is 11.5 Å². The van der Waals surface area contributed by atoms with Gasteiger partial charge in [0.05, 0.1) is 20.1 Å². The van der Waals surface area contributed by atoms with Gasteiger partial charge in [-0.2, -0.15) is 0 Å². The molecule has 0 saturated heterocycles. The third kappa shape index (κ3) is 4.08. The Morgan fingerprint density at radius 1 is 1.09 bits per heavy atom. The second-order valence-corrected chi connectivity index (χ2v) is 7.92. The Kier molecular flexibility index (Phi) is 6.18. The van der Waals surface area contributed by atoms with Gasteiger partial charge >= 0.3 is 0 Å². The molecule has 8 heteroatoms. The Hall–Kier alpha value is -3.68. The van der Waals surface area contributed by atoms with Crippen LogP contribution in [0.15, 0.2) is 58.9 Å². The Morgan fingerprint density at radius 2 is 1.82 bits per heavy atom. The number of dihydropyridines is 1. The zero-order chi connectivity index (χ0) is 23.7. The maximum Gasteiger partial charge on any atom is 0.254 e. The van der Waals surface area contributed by atoms with E-state index in [4.69, 9.17) is 9.47 Å². The molecule has 2 aromatic carbocycles. The van der Waals surface area contributed by atoms with Crippen molar-refractivity contribution >= 4 is 17.4 Å². The van der Waals surface area contributed by atoms with E-state index < -0.39 is 29.1 Å². The molecular formula is C25H24F2N2O4. The number of para-hydroxylation sites is 1. The second kappa shape index (κ2) is 9.05. The van der Waals surface area contributed by atoms with Gasteiger partial charge in [0.25, 0.3) is 5.91 Å². The standard InChI is InChI=1S/C25H24F2N2O4/c1-13-21(25(31)29-24-16(26)6-4-7-17(24)27)22(23-18(28-13)8-5-9-19(23)30)15-12-14(32-2)10-11-20(15)33-3/h4,6-7,10-12,22,28H,5,8-9H2,1-3H3,(H,29,31). The van der Waals surface area contributed by atoms with Gasteiger partial charge < -0.3 is 20.1 Å². The molecule has 1 amide bonds. The van der Waals surface area contributed by atoms with Crippen LogP contribution in [0, 0.1) is 11.6 Å². The van der Waals surface area contributed by atoms with Crippen molar-refractivity contribution in [3.63, 3.8) is 0 Å². The first kappa shape index (κ1) is 22.5. The number of hydrogen-bond acceptors (Lipinski definition) is 5. The molecule has 1 aliphatic heterocycles. The third-order valence-corrected chi connectivity index (χ3v) is 5.97. The molecule has 6 nitrogen and oxygen atoms in total. The number of amides is 1. The Bertz CT molecular complexity index is 1180. The molecule has 0 bridgehead atoms. The smallest absolute Gasteiger partial charge is 0.254 e. The van der Waals surface area contributed by atoms with Gasteiger partial charge in [0.1, 0.15) is 28.8 Å². The molecule has 172 valence electrons. The van der Waals surface area contributed by atoms with Crippen molar-refractivity contribution in [2.75, 3.05) is 19.5 Å². The van der Waals surface area contributed by atoms with E-state index in [0.29, 0.717) is 47.6 Å². The first-order valence-electron chi connectivity index (χ1n) is 10.6. The number of carbonyl (C=O) groups excluding carboxylic acids is 2.